The first-order chi connectivity index (χ1) is 17.8. The predicted molar refractivity (Wildman–Crippen MR) is 154 cm³/mol. The van der Waals surface area contributed by atoms with Crippen molar-refractivity contribution >= 4 is 68.1 Å². The summed E-state index contributed by atoms with van der Waals surface area (Å²) in [4.78, 5) is 33.4. The topological polar surface area (TPSA) is 76.3 Å². The Hall–Kier alpha value is -2.65. The number of aryl methyl sites for hydroxylation is 3. The number of hydrogen-bond donors (Lipinski definition) is 1. The van der Waals surface area contributed by atoms with Crippen molar-refractivity contribution in [1.82, 2.24) is 15.0 Å². The standard InChI is InChI=1S/C27H24Cl2N4O2S2/c1-15-7-10-18(11-8-15)33-26(35)24-19-5-3-4-6-22(19)37-25(24)30-27(33)36-14-23(34)32-31-16(2)17-9-12-20(28)21(29)13-17/h7-13H,3-6,14H2,1-2H3,(H,32,34). The zero-order chi connectivity index (χ0) is 26.1. The minimum atomic E-state index is -0.306. The Balaban J connectivity index is 1.43. The molecule has 2 aromatic carbocycles. The monoisotopic (exact) mass is 570 g/mol. The van der Waals surface area contributed by atoms with Gasteiger partial charge in [0.2, 0.25) is 0 Å². The zero-order valence-corrected chi connectivity index (χ0v) is 23.5. The van der Waals surface area contributed by atoms with E-state index in [0.29, 0.717) is 20.9 Å². The molecule has 2 heterocycles. The second-order valence-electron chi connectivity index (χ2n) is 8.91. The van der Waals surface area contributed by atoms with E-state index in [-0.39, 0.29) is 17.2 Å². The van der Waals surface area contributed by atoms with E-state index in [0.717, 1.165) is 58.3 Å². The number of aromatic nitrogens is 2. The third-order valence-electron chi connectivity index (χ3n) is 6.27. The van der Waals surface area contributed by atoms with E-state index < -0.39 is 0 Å². The van der Waals surface area contributed by atoms with Crippen LogP contribution in [0.4, 0.5) is 0 Å². The first-order valence-electron chi connectivity index (χ1n) is 11.9. The van der Waals surface area contributed by atoms with Crippen molar-refractivity contribution in [2.75, 3.05) is 5.75 Å². The van der Waals surface area contributed by atoms with Crippen molar-refractivity contribution in [1.29, 1.82) is 0 Å². The number of nitrogens with zero attached hydrogens (tertiary/aromatic N) is 3. The molecule has 4 aromatic rings. The molecule has 0 spiro atoms. The second-order valence-corrected chi connectivity index (χ2v) is 11.8. The van der Waals surface area contributed by atoms with Crippen LogP contribution in [0.25, 0.3) is 15.9 Å². The third-order valence-corrected chi connectivity index (χ3v) is 9.13. The number of hydrogen-bond acceptors (Lipinski definition) is 6. The van der Waals surface area contributed by atoms with Gasteiger partial charge in [0.05, 0.1) is 32.6 Å². The van der Waals surface area contributed by atoms with Gasteiger partial charge in [0, 0.05) is 4.88 Å². The van der Waals surface area contributed by atoms with Crippen LogP contribution in [0, 0.1) is 6.92 Å². The van der Waals surface area contributed by atoms with Gasteiger partial charge < -0.3 is 0 Å². The molecule has 2 aromatic heterocycles. The lowest BCUT2D eigenvalue weighted by Gasteiger charge is -2.13. The first kappa shape index (κ1) is 26.0. The molecule has 0 aliphatic heterocycles. The lowest BCUT2D eigenvalue weighted by molar-refractivity contribution is -0.118. The maximum atomic E-state index is 13.8. The Labute approximate surface area is 232 Å². The van der Waals surface area contributed by atoms with Crippen LogP contribution in [0.2, 0.25) is 10.0 Å². The number of hydrazone groups is 1. The highest BCUT2D eigenvalue weighted by Gasteiger charge is 2.23. The molecule has 0 fully saturated rings. The van der Waals surface area contributed by atoms with Gasteiger partial charge in [0.1, 0.15) is 4.83 Å². The van der Waals surface area contributed by atoms with Gasteiger partial charge in [-0.1, -0.05) is 58.7 Å². The molecule has 6 nitrogen and oxygen atoms in total. The Morgan fingerprint density at radius 1 is 1.14 bits per heavy atom. The Morgan fingerprint density at radius 2 is 1.89 bits per heavy atom. The Bertz CT molecular complexity index is 1590. The molecule has 1 aliphatic carbocycles. The van der Waals surface area contributed by atoms with Crippen LogP contribution in [0.5, 0.6) is 0 Å². The van der Waals surface area contributed by atoms with Crippen molar-refractivity contribution in [3.8, 4) is 5.69 Å². The molecule has 0 saturated heterocycles. The van der Waals surface area contributed by atoms with Crippen molar-refractivity contribution in [3.05, 3.63) is 84.4 Å². The maximum Gasteiger partial charge on any atom is 0.267 e. The number of carbonyl (C=O) groups is 1. The number of nitrogens with one attached hydrogen (secondary N) is 1. The fraction of sp³-hybridized carbons (Fsp3) is 0.259. The quantitative estimate of drug-likeness (QED) is 0.123. The molecule has 37 heavy (non-hydrogen) atoms. The van der Waals surface area contributed by atoms with Gasteiger partial charge in [-0.15, -0.1) is 11.3 Å². The summed E-state index contributed by atoms with van der Waals surface area (Å²) < 4.78 is 1.63. The molecule has 1 amide bonds. The van der Waals surface area contributed by atoms with Gasteiger partial charge in [-0.05, 0) is 74.9 Å². The van der Waals surface area contributed by atoms with Crippen LogP contribution in [0.15, 0.2) is 57.5 Å². The van der Waals surface area contributed by atoms with Gasteiger partial charge in [0.25, 0.3) is 11.5 Å². The van der Waals surface area contributed by atoms with E-state index >= 15 is 0 Å². The third kappa shape index (κ3) is 5.48. The highest BCUT2D eigenvalue weighted by Crippen LogP contribution is 2.35. The highest BCUT2D eigenvalue weighted by atomic mass is 35.5. The van der Waals surface area contributed by atoms with Gasteiger partial charge >= 0.3 is 0 Å². The molecule has 5 rings (SSSR count). The number of benzene rings is 2. The molecule has 0 saturated carbocycles. The fourth-order valence-corrected chi connectivity index (χ4v) is 6.70. The van der Waals surface area contributed by atoms with Gasteiger partial charge in [0.15, 0.2) is 5.16 Å². The van der Waals surface area contributed by atoms with Gasteiger partial charge in [-0.2, -0.15) is 5.10 Å². The van der Waals surface area contributed by atoms with Gasteiger partial charge in [-0.3, -0.25) is 14.2 Å². The van der Waals surface area contributed by atoms with Crippen molar-refractivity contribution in [3.63, 3.8) is 0 Å². The largest absolute Gasteiger partial charge is 0.272 e. The number of rotatable bonds is 6. The zero-order valence-electron chi connectivity index (χ0n) is 20.3. The van der Waals surface area contributed by atoms with Crippen LogP contribution in [-0.4, -0.2) is 26.9 Å². The first-order valence-corrected chi connectivity index (χ1v) is 14.4. The Morgan fingerprint density at radius 3 is 2.65 bits per heavy atom. The van der Waals surface area contributed by atoms with E-state index in [1.807, 2.05) is 31.2 Å². The van der Waals surface area contributed by atoms with E-state index in [1.165, 1.54) is 16.6 Å². The summed E-state index contributed by atoms with van der Waals surface area (Å²) in [5.74, 6) is -0.257. The van der Waals surface area contributed by atoms with Crippen LogP contribution in [-0.2, 0) is 17.6 Å². The molecule has 0 bridgehead atoms. The summed E-state index contributed by atoms with van der Waals surface area (Å²) in [5.41, 5.74) is 6.83. The number of carbonyl (C=O) groups excluding carboxylic acids is 1. The van der Waals surface area contributed by atoms with Crippen LogP contribution in [0.1, 0.15) is 41.3 Å². The van der Waals surface area contributed by atoms with E-state index in [1.54, 1.807) is 41.0 Å². The summed E-state index contributed by atoms with van der Waals surface area (Å²) in [6.45, 7) is 3.78. The summed E-state index contributed by atoms with van der Waals surface area (Å²) >= 11 is 14.9. The SMILES string of the molecule is CC(=NNC(=O)CSc1nc2sc3c(c2c(=O)n1-c1ccc(C)cc1)CCCC3)c1ccc(Cl)c(Cl)c1. The minimum absolute atomic E-state index is 0.0487. The molecule has 190 valence electrons. The van der Waals surface area contributed by atoms with Crippen molar-refractivity contribution < 1.29 is 4.79 Å². The molecule has 0 radical (unpaired) electrons. The second kappa shape index (κ2) is 11.0. The number of halogens is 2. The lowest BCUT2D eigenvalue weighted by atomic mass is 9.97. The molecular formula is C27H24Cl2N4O2S2. The molecule has 1 aliphatic rings. The average molecular weight is 572 g/mol. The number of thioether (sulfide) groups is 1. The normalized spacial score (nSPS) is 13.6. The van der Waals surface area contributed by atoms with E-state index in [9.17, 15) is 9.59 Å². The van der Waals surface area contributed by atoms with Crippen LogP contribution >= 0.6 is 46.3 Å². The van der Waals surface area contributed by atoms with Crippen LogP contribution < -0.4 is 11.0 Å². The van der Waals surface area contributed by atoms with E-state index in [4.69, 9.17) is 28.2 Å². The highest BCUT2D eigenvalue weighted by molar-refractivity contribution is 7.99. The molecule has 10 heteroatoms. The minimum Gasteiger partial charge on any atom is -0.272 e. The maximum absolute atomic E-state index is 13.8. The van der Waals surface area contributed by atoms with Crippen LogP contribution in [0.3, 0.4) is 0 Å². The summed E-state index contributed by atoms with van der Waals surface area (Å²) in [7, 11) is 0. The molecule has 1 N–H and O–H groups in total. The molecular weight excluding hydrogens is 547 g/mol. The summed E-state index contributed by atoms with van der Waals surface area (Å²) in [5, 5.41) is 6.27. The molecule has 0 unspecified atom stereocenters. The summed E-state index contributed by atoms with van der Waals surface area (Å²) in [6, 6.07) is 12.9. The number of amides is 1. The van der Waals surface area contributed by atoms with Crippen molar-refractivity contribution in [2.45, 2.75) is 44.7 Å². The number of thiophene rings is 1. The van der Waals surface area contributed by atoms with E-state index in [2.05, 4.69) is 10.5 Å². The lowest BCUT2D eigenvalue weighted by Crippen LogP contribution is -2.24. The average Bonchev–Trinajstić information content (AvgIpc) is 3.27. The molecule has 0 atom stereocenters. The van der Waals surface area contributed by atoms with Crippen molar-refractivity contribution in [2.24, 2.45) is 5.10 Å². The summed E-state index contributed by atoms with van der Waals surface area (Å²) in [6.07, 6.45) is 4.12. The smallest absolute Gasteiger partial charge is 0.267 e. The predicted octanol–water partition coefficient (Wildman–Crippen LogP) is 6.57. The van der Waals surface area contributed by atoms with Gasteiger partial charge in [-0.25, -0.2) is 10.4 Å². The fourth-order valence-electron chi connectivity index (χ4n) is 4.30. The number of fused-ring (bicyclic) bond motifs is 3. The Kier molecular flexibility index (Phi) is 7.72.